The third kappa shape index (κ3) is 15.5. The number of hydrogen-bond donors (Lipinski definition) is 0. The maximum Gasteiger partial charge on any atom is 0.485 e. The van der Waals surface area contributed by atoms with Crippen molar-refractivity contribution in [3.8, 4) is 0 Å². The third-order valence-electron chi connectivity index (χ3n) is 1.92. The fourth-order valence-electron chi connectivity index (χ4n) is 0.733. The van der Waals surface area contributed by atoms with Gasteiger partial charge in [-0.05, 0) is 0 Å². The smallest absolute Gasteiger partial charge is 0.485 e. The molecule has 18 heteroatoms. The summed E-state index contributed by atoms with van der Waals surface area (Å²) in [6.45, 7) is 0. The predicted octanol–water partition coefficient (Wildman–Crippen LogP) is 1.38. The molecule has 2 rings (SSSR count). The Morgan fingerprint density at radius 3 is 0.833 bits per heavy atom. The fraction of sp³-hybridized carbons (Fsp3) is 0.167. The van der Waals surface area contributed by atoms with E-state index in [1.807, 2.05) is 0 Å². The summed E-state index contributed by atoms with van der Waals surface area (Å²) in [5.41, 5.74) is -11.3. The van der Waals surface area contributed by atoms with Gasteiger partial charge in [-0.1, -0.05) is 0 Å². The van der Waals surface area contributed by atoms with Crippen molar-refractivity contribution in [1.82, 2.24) is 0 Å². The molecule has 8 nitrogen and oxygen atoms in total. The Kier molecular flexibility index (Phi) is 12.2. The summed E-state index contributed by atoms with van der Waals surface area (Å²) in [6, 6.07) is 5.44. The Hall–Kier alpha value is -2.44. The molecule has 0 fully saturated rings. The van der Waals surface area contributed by atoms with Gasteiger partial charge in [0.15, 0.2) is 45.0 Å². The van der Waals surface area contributed by atoms with Crippen molar-refractivity contribution < 1.29 is 71.0 Å². The molecule has 0 saturated carbocycles. The van der Waals surface area contributed by atoms with E-state index in [1.54, 1.807) is 0 Å². The first-order valence-corrected chi connectivity index (χ1v) is 9.38. The number of H-pyrrole nitrogens is 2. The first kappa shape index (κ1) is 29.8. The second-order valence-electron chi connectivity index (χ2n) is 4.24. The Morgan fingerprint density at radius 2 is 0.767 bits per heavy atom. The number of pyridine rings is 2. The van der Waals surface area contributed by atoms with Crippen LogP contribution in [0.1, 0.15) is 0 Å². The number of rotatable bonds is 0. The number of hydrogen-bond acceptors (Lipinski definition) is 6. The van der Waals surface area contributed by atoms with Crippen molar-refractivity contribution in [1.29, 1.82) is 0 Å². The summed E-state index contributed by atoms with van der Waals surface area (Å²) in [6.07, 6.45) is 6.15. The fourth-order valence-corrected chi connectivity index (χ4v) is 0.733. The molecule has 0 saturated heterocycles. The standard InChI is InChI=1S/2C5H4FN.2CHF3O3S/c2*6-5-1-3-7-4-2-5;2*2-1(3,4)8(5,6)7/h2*1-4H;2*(H,5,6,7). The summed E-state index contributed by atoms with van der Waals surface area (Å²) in [7, 11) is -12.2. The van der Waals surface area contributed by atoms with Crippen LogP contribution in [-0.2, 0) is 20.2 Å². The lowest BCUT2D eigenvalue weighted by molar-refractivity contribution is -0.378. The molecule has 0 atom stereocenters. The second-order valence-corrected chi connectivity index (χ2v) is 6.98. The number of halogens is 8. The molecule has 2 N–H and O–H groups in total. The molecule has 0 spiro atoms. The van der Waals surface area contributed by atoms with Crippen LogP contribution in [0.25, 0.3) is 0 Å². The average Bonchev–Trinajstić information content (AvgIpc) is 2.54. The van der Waals surface area contributed by atoms with Crippen LogP contribution in [0.3, 0.4) is 0 Å². The first-order valence-electron chi connectivity index (χ1n) is 6.56. The highest BCUT2D eigenvalue weighted by Crippen LogP contribution is 2.21. The van der Waals surface area contributed by atoms with E-state index in [0.29, 0.717) is 0 Å². The van der Waals surface area contributed by atoms with Crippen LogP contribution in [-0.4, -0.2) is 37.0 Å². The van der Waals surface area contributed by atoms with Crippen molar-refractivity contribution in [3.63, 3.8) is 0 Å². The van der Waals surface area contributed by atoms with E-state index in [2.05, 4.69) is 9.97 Å². The first-order chi connectivity index (χ1) is 13.3. The maximum atomic E-state index is 11.9. The van der Waals surface area contributed by atoms with E-state index in [0.717, 1.165) is 0 Å². The zero-order chi connectivity index (χ0) is 24.2. The second kappa shape index (κ2) is 12.3. The maximum absolute atomic E-state index is 11.9. The van der Waals surface area contributed by atoms with Crippen LogP contribution in [0, 0.1) is 11.6 Å². The Balaban J connectivity index is 0. The lowest BCUT2D eigenvalue weighted by Crippen LogP contribution is -2.21. The molecule has 0 unspecified atom stereocenters. The van der Waals surface area contributed by atoms with E-state index in [4.69, 9.17) is 25.9 Å². The summed E-state index contributed by atoms with van der Waals surface area (Å²) in [5.74, 6) is -0.419. The van der Waals surface area contributed by atoms with E-state index in [9.17, 15) is 35.1 Å². The monoisotopic (exact) mass is 494 g/mol. The van der Waals surface area contributed by atoms with Crippen molar-refractivity contribution in [3.05, 3.63) is 60.7 Å². The van der Waals surface area contributed by atoms with Crippen LogP contribution in [0.15, 0.2) is 49.1 Å². The Labute approximate surface area is 163 Å². The van der Waals surface area contributed by atoms with Gasteiger partial charge in [0.2, 0.25) is 0 Å². The van der Waals surface area contributed by atoms with Gasteiger partial charge in [0, 0.05) is 24.3 Å². The van der Waals surface area contributed by atoms with Crippen molar-refractivity contribution >= 4 is 20.2 Å². The number of alkyl halides is 6. The van der Waals surface area contributed by atoms with Crippen LogP contribution in [0.4, 0.5) is 35.1 Å². The largest absolute Gasteiger partial charge is 0.741 e. The molecule has 2 heterocycles. The van der Waals surface area contributed by atoms with Gasteiger partial charge in [-0.15, -0.1) is 0 Å². The molecule has 0 aliphatic carbocycles. The van der Waals surface area contributed by atoms with E-state index in [-0.39, 0.29) is 11.6 Å². The highest BCUT2D eigenvalue weighted by Gasteiger charge is 2.37. The molecule has 0 radical (unpaired) electrons. The zero-order valence-corrected chi connectivity index (χ0v) is 15.5. The molecule has 0 bridgehead atoms. The summed E-state index contributed by atoms with van der Waals surface area (Å²) in [5, 5.41) is 0. The van der Waals surface area contributed by atoms with Gasteiger partial charge in [-0.3, -0.25) is 0 Å². The molecule has 2 aromatic heterocycles. The van der Waals surface area contributed by atoms with Crippen LogP contribution in [0.2, 0.25) is 0 Å². The predicted molar refractivity (Wildman–Crippen MR) is 77.4 cm³/mol. The van der Waals surface area contributed by atoms with Gasteiger partial charge >= 0.3 is 11.0 Å². The van der Waals surface area contributed by atoms with Gasteiger partial charge in [0.25, 0.3) is 0 Å². The lowest BCUT2D eigenvalue weighted by Gasteiger charge is -2.08. The number of aromatic amines is 2. The van der Waals surface area contributed by atoms with Gasteiger partial charge in [-0.25, -0.2) is 35.6 Å². The van der Waals surface area contributed by atoms with Crippen molar-refractivity contribution in [2.75, 3.05) is 0 Å². The molecular weight excluding hydrogens is 484 g/mol. The molecule has 172 valence electrons. The van der Waals surface area contributed by atoms with Gasteiger partial charge in [0.05, 0.1) is 0 Å². The Bertz CT molecular complexity index is 857. The zero-order valence-electron chi connectivity index (χ0n) is 13.9. The van der Waals surface area contributed by atoms with E-state index < -0.39 is 31.3 Å². The minimum absolute atomic E-state index is 0.209. The topological polar surface area (TPSA) is 143 Å². The van der Waals surface area contributed by atoms with Gasteiger partial charge in [0.1, 0.15) is 11.6 Å². The molecule has 2 aromatic rings. The number of aromatic nitrogens is 2. The molecule has 0 aromatic carbocycles. The number of nitrogens with one attached hydrogen (secondary N) is 2. The van der Waals surface area contributed by atoms with Crippen LogP contribution >= 0.6 is 0 Å². The summed E-state index contributed by atoms with van der Waals surface area (Å²) in [4.78, 5) is 5.39. The van der Waals surface area contributed by atoms with Crippen LogP contribution in [0.5, 0.6) is 0 Å². The molecule has 0 aliphatic heterocycles. The molecule has 30 heavy (non-hydrogen) atoms. The molecule has 0 aliphatic rings. The SMILES string of the molecule is Fc1cc[nH+]cc1.Fc1cc[nH+]cc1.O=S(=O)([O-])C(F)(F)F.O=S(=O)([O-])C(F)(F)F. The van der Waals surface area contributed by atoms with Crippen molar-refractivity contribution in [2.45, 2.75) is 11.0 Å². The van der Waals surface area contributed by atoms with Gasteiger partial charge in [-0.2, -0.15) is 26.3 Å². The van der Waals surface area contributed by atoms with Crippen LogP contribution < -0.4 is 9.97 Å². The minimum atomic E-state index is -6.09. The third-order valence-corrected chi connectivity index (χ3v) is 3.06. The minimum Gasteiger partial charge on any atom is -0.741 e. The molecule has 0 amide bonds. The van der Waals surface area contributed by atoms with E-state index >= 15 is 0 Å². The lowest BCUT2D eigenvalue weighted by atomic mass is 10.5. The molecular formula is C12H10F8N2O6S2. The summed E-state index contributed by atoms with van der Waals surface area (Å²) < 4.78 is 142. The Morgan fingerprint density at radius 1 is 0.600 bits per heavy atom. The van der Waals surface area contributed by atoms with E-state index in [1.165, 1.54) is 49.1 Å². The quantitative estimate of drug-likeness (QED) is 0.308. The average molecular weight is 494 g/mol. The highest BCUT2D eigenvalue weighted by molar-refractivity contribution is 7.86. The summed E-state index contributed by atoms with van der Waals surface area (Å²) >= 11 is 0. The highest BCUT2D eigenvalue weighted by atomic mass is 32.2. The normalized spacial score (nSPS) is 11.5. The van der Waals surface area contributed by atoms with Crippen molar-refractivity contribution in [2.24, 2.45) is 0 Å². The van der Waals surface area contributed by atoms with Gasteiger partial charge < -0.3 is 9.11 Å².